The van der Waals surface area contributed by atoms with Gasteiger partial charge in [-0.05, 0) is 36.1 Å². The summed E-state index contributed by atoms with van der Waals surface area (Å²) in [6.07, 6.45) is 1.04. The van der Waals surface area contributed by atoms with E-state index in [4.69, 9.17) is 13.6 Å². The molecular formula is C26H27N3O5. The van der Waals surface area contributed by atoms with Crippen LogP contribution in [0.1, 0.15) is 44.0 Å². The fourth-order valence-electron chi connectivity index (χ4n) is 4.40. The van der Waals surface area contributed by atoms with Gasteiger partial charge in [-0.3, -0.25) is 14.4 Å². The summed E-state index contributed by atoms with van der Waals surface area (Å²) in [4.78, 5) is 40.7. The molecular weight excluding hydrogens is 434 g/mol. The number of piperidine rings is 1. The number of carbonyl (C=O) groups excluding carboxylic acids is 3. The lowest BCUT2D eigenvalue weighted by molar-refractivity contribution is -0.143. The van der Waals surface area contributed by atoms with Crippen LogP contribution in [0.15, 0.2) is 54.7 Å². The van der Waals surface area contributed by atoms with Crippen LogP contribution in [-0.2, 0) is 34.0 Å². The van der Waals surface area contributed by atoms with Crippen molar-refractivity contribution in [2.75, 3.05) is 19.8 Å². The summed E-state index contributed by atoms with van der Waals surface area (Å²) in [5.41, 5.74) is 2.21. The van der Waals surface area contributed by atoms with Gasteiger partial charge in [0.15, 0.2) is 0 Å². The highest BCUT2D eigenvalue weighted by molar-refractivity contribution is 6.02. The molecule has 2 aromatic rings. The summed E-state index contributed by atoms with van der Waals surface area (Å²) in [5.74, 6) is -0.538. The largest absolute Gasteiger partial charge is 0.489 e. The second-order valence-corrected chi connectivity index (χ2v) is 8.55. The van der Waals surface area contributed by atoms with Crippen molar-refractivity contribution < 1.29 is 28.0 Å². The van der Waals surface area contributed by atoms with E-state index in [1.165, 1.54) is 17.0 Å². The van der Waals surface area contributed by atoms with Crippen LogP contribution in [0.2, 0.25) is 0 Å². The minimum absolute atomic E-state index is 0.0218. The molecule has 3 heterocycles. The van der Waals surface area contributed by atoms with Gasteiger partial charge < -0.3 is 24.6 Å². The average Bonchev–Trinajstić information content (AvgIpc) is 3.17. The summed E-state index contributed by atoms with van der Waals surface area (Å²) in [5, 5.41) is 2.70. The van der Waals surface area contributed by atoms with Gasteiger partial charge in [-0.2, -0.15) is 0 Å². The molecule has 0 aromatic heterocycles. The van der Waals surface area contributed by atoms with Gasteiger partial charge in [0.2, 0.25) is 11.8 Å². The fraction of sp³-hybridized carbons (Fsp3) is 0.346. The lowest BCUT2D eigenvalue weighted by Crippen LogP contribution is -2.49. The van der Waals surface area contributed by atoms with Gasteiger partial charge in [0.05, 0.1) is 17.3 Å². The highest BCUT2D eigenvalue weighted by atomic mass is 16.5. The third-order valence-corrected chi connectivity index (χ3v) is 6.26. The summed E-state index contributed by atoms with van der Waals surface area (Å²) < 4.78 is 36.5. The number of fused-ring (bicyclic) bond motifs is 1. The smallest absolute Gasteiger partial charge is 0.255 e. The molecule has 34 heavy (non-hydrogen) atoms. The predicted molar refractivity (Wildman–Crippen MR) is 124 cm³/mol. The quantitative estimate of drug-likeness (QED) is 0.709. The first-order chi connectivity index (χ1) is 17.6. The Kier molecular flexibility index (Phi) is 5.13. The van der Waals surface area contributed by atoms with Crippen LogP contribution in [0.5, 0.6) is 5.75 Å². The Bertz CT molecular complexity index is 1300. The van der Waals surface area contributed by atoms with E-state index >= 15 is 0 Å². The summed E-state index contributed by atoms with van der Waals surface area (Å²) in [6, 6.07) is 8.81. The maximum absolute atomic E-state index is 13.1. The molecule has 2 saturated heterocycles. The zero-order valence-corrected chi connectivity index (χ0v) is 18.6. The number of hydrogen-bond donors (Lipinski definition) is 1. The molecule has 176 valence electrons. The van der Waals surface area contributed by atoms with Gasteiger partial charge in [0, 0.05) is 29.9 Å². The SMILES string of the molecule is [2H]c1cc(CN2CCOCC2=O)ccc1C([2H])([2H])Oc1cccc2c1CN(C1CCC(=C)NC1=O)C2=O. The molecule has 2 aromatic carbocycles. The van der Waals surface area contributed by atoms with Crippen LogP contribution in [-0.4, -0.2) is 53.3 Å². The minimum Gasteiger partial charge on any atom is -0.489 e. The number of carbonyl (C=O) groups is 3. The first-order valence-electron chi connectivity index (χ1n) is 12.7. The van der Waals surface area contributed by atoms with Crippen LogP contribution < -0.4 is 10.1 Å². The maximum Gasteiger partial charge on any atom is 0.255 e. The fourth-order valence-corrected chi connectivity index (χ4v) is 4.40. The van der Waals surface area contributed by atoms with E-state index in [1.807, 2.05) is 0 Å². The van der Waals surface area contributed by atoms with E-state index in [0.29, 0.717) is 54.9 Å². The van der Waals surface area contributed by atoms with Gasteiger partial charge in [-0.1, -0.05) is 36.9 Å². The number of nitrogens with zero attached hydrogens (tertiary/aromatic N) is 2. The lowest BCUT2D eigenvalue weighted by Gasteiger charge is -2.31. The highest BCUT2D eigenvalue weighted by Crippen LogP contribution is 2.34. The molecule has 2 fully saturated rings. The maximum atomic E-state index is 13.1. The molecule has 0 radical (unpaired) electrons. The topological polar surface area (TPSA) is 88.2 Å². The van der Waals surface area contributed by atoms with Crippen LogP contribution in [0.3, 0.4) is 0 Å². The Morgan fingerprint density at radius 2 is 2.06 bits per heavy atom. The number of morpholine rings is 1. The molecule has 1 N–H and O–H groups in total. The second kappa shape index (κ2) is 9.30. The van der Waals surface area contributed by atoms with Crippen molar-refractivity contribution >= 4 is 17.7 Å². The van der Waals surface area contributed by atoms with Gasteiger partial charge in [0.1, 0.15) is 25.0 Å². The van der Waals surface area contributed by atoms with Crippen molar-refractivity contribution in [2.24, 2.45) is 0 Å². The monoisotopic (exact) mass is 464 g/mol. The van der Waals surface area contributed by atoms with E-state index in [9.17, 15) is 14.4 Å². The van der Waals surface area contributed by atoms with E-state index in [-0.39, 0.29) is 48.2 Å². The molecule has 0 bridgehead atoms. The third kappa shape index (κ3) is 4.41. The number of hydrogen-bond acceptors (Lipinski definition) is 5. The van der Waals surface area contributed by atoms with E-state index < -0.39 is 12.6 Å². The summed E-state index contributed by atoms with van der Waals surface area (Å²) in [7, 11) is 0. The Hall–Kier alpha value is -3.65. The number of amides is 3. The van der Waals surface area contributed by atoms with Gasteiger partial charge in [0.25, 0.3) is 5.91 Å². The Morgan fingerprint density at radius 3 is 2.85 bits per heavy atom. The van der Waals surface area contributed by atoms with Gasteiger partial charge >= 0.3 is 0 Å². The van der Waals surface area contributed by atoms with Crippen LogP contribution >= 0.6 is 0 Å². The van der Waals surface area contributed by atoms with Crippen molar-refractivity contribution in [1.82, 2.24) is 15.1 Å². The highest BCUT2D eigenvalue weighted by Gasteiger charge is 2.39. The number of nitrogens with one attached hydrogen (secondary N) is 1. The molecule has 8 nitrogen and oxygen atoms in total. The molecule has 0 saturated carbocycles. The van der Waals surface area contributed by atoms with Gasteiger partial charge in [-0.25, -0.2) is 0 Å². The van der Waals surface area contributed by atoms with E-state index in [2.05, 4.69) is 11.9 Å². The molecule has 8 heteroatoms. The zero-order chi connectivity index (χ0) is 26.3. The first kappa shape index (κ1) is 18.7. The first-order valence-corrected chi connectivity index (χ1v) is 11.2. The Morgan fingerprint density at radius 1 is 1.21 bits per heavy atom. The predicted octanol–water partition coefficient (Wildman–Crippen LogP) is 2.37. The standard InChI is InChI=1S/C26H27N3O5/c1-17-5-10-22(25(31)27-17)29-14-21-20(26(29)32)3-2-4-23(21)34-15-19-8-6-18(7-9-19)13-28-11-12-33-16-24(28)30/h2-4,6-9,22H,1,5,10-16H2,(H,27,31)/i8D,15D2. The number of rotatable bonds is 6. The normalized spacial score (nSPS) is 22.1. The molecule has 5 rings (SSSR count). The summed E-state index contributed by atoms with van der Waals surface area (Å²) >= 11 is 0. The molecule has 0 aliphatic carbocycles. The van der Waals surface area contributed by atoms with E-state index in [0.717, 1.165) is 0 Å². The second-order valence-electron chi connectivity index (χ2n) is 8.55. The van der Waals surface area contributed by atoms with Crippen LogP contribution in [0.4, 0.5) is 0 Å². The van der Waals surface area contributed by atoms with Crippen molar-refractivity contribution in [3.63, 3.8) is 0 Å². The lowest BCUT2D eigenvalue weighted by atomic mass is 10.0. The zero-order valence-electron chi connectivity index (χ0n) is 21.6. The number of benzene rings is 2. The minimum atomic E-state index is -2.37. The Balaban J connectivity index is 1.34. The van der Waals surface area contributed by atoms with Crippen molar-refractivity contribution in [3.05, 3.63) is 77.0 Å². The van der Waals surface area contributed by atoms with E-state index in [1.54, 1.807) is 29.2 Å². The van der Waals surface area contributed by atoms with Crippen molar-refractivity contribution in [2.45, 2.75) is 38.5 Å². The number of ether oxygens (including phenoxy) is 2. The van der Waals surface area contributed by atoms with Crippen LogP contribution in [0.25, 0.3) is 0 Å². The van der Waals surface area contributed by atoms with Crippen LogP contribution in [0, 0.1) is 0 Å². The molecule has 1 atom stereocenters. The molecule has 3 aliphatic rings. The molecule has 1 unspecified atom stereocenters. The molecule has 0 spiro atoms. The van der Waals surface area contributed by atoms with Crippen molar-refractivity contribution in [1.29, 1.82) is 0 Å². The molecule has 3 amide bonds. The Labute approximate surface area is 202 Å². The third-order valence-electron chi connectivity index (χ3n) is 6.26. The molecule has 3 aliphatic heterocycles. The average molecular weight is 465 g/mol. The summed E-state index contributed by atoms with van der Waals surface area (Å²) in [6.45, 7) is 2.79. The number of allylic oxidation sites excluding steroid dienone is 1. The van der Waals surface area contributed by atoms with Gasteiger partial charge in [-0.15, -0.1) is 0 Å². The van der Waals surface area contributed by atoms with Crippen molar-refractivity contribution in [3.8, 4) is 5.75 Å².